The van der Waals surface area contributed by atoms with E-state index in [2.05, 4.69) is 31.0 Å². The lowest BCUT2D eigenvalue weighted by Gasteiger charge is -2.28. The second-order valence-electron chi connectivity index (χ2n) is 3.61. The van der Waals surface area contributed by atoms with Gasteiger partial charge in [-0.15, -0.1) is 0 Å². The summed E-state index contributed by atoms with van der Waals surface area (Å²) < 4.78 is 5.12. The monoisotopic (exact) mass is 208 g/mol. The Kier molecular flexibility index (Phi) is 4.43. The van der Waals surface area contributed by atoms with Gasteiger partial charge in [-0.05, 0) is 30.7 Å². The molecule has 84 valence electrons. The van der Waals surface area contributed by atoms with E-state index in [1.54, 1.807) is 7.11 Å². The van der Waals surface area contributed by atoms with Gasteiger partial charge in [0.05, 0.1) is 7.11 Å². The molecule has 0 saturated carbocycles. The molecular weight excluding hydrogens is 188 g/mol. The molecule has 0 saturated heterocycles. The van der Waals surface area contributed by atoms with Gasteiger partial charge in [0.25, 0.3) is 0 Å². The van der Waals surface area contributed by atoms with Crippen LogP contribution in [0.4, 0.5) is 5.69 Å². The Morgan fingerprint density at radius 1 is 1.33 bits per heavy atom. The third-order valence-electron chi connectivity index (χ3n) is 2.77. The van der Waals surface area contributed by atoms with E-state index < -0.39 is 0 Å². The molecule has 0 bridgehead atoms. The fourth-order valence-corrected chi connectivity index (χ4v) is 1.63. The van der Waals surface area contributed by atoms with E-state index in [0.29, 0.717) is 12.6 Å². The third-order valence-corrected chi connectivity index (χ3v) is 2.77. The summed E-state index contributed by atoms with van der Waals surface area (Å²) in [4.78, 5) is 2.21. The predicted molar refractivity (Wildman–Crippen MR) is 64.5 cm³/mol. The molecule has 0 heterocycles. The normalized spacial score (nSPS) is 12.3. The van der Waals surface area contributed by atoms with Crippen molar-refractivity contribution in [3.63, 3.8) is 0 Å². The van der Waals surface area contributed by atoms with E-state index in [1.807, 2.05) is 12.1 Å². The molecule has 0 amide bonds. The van der Waals surface area contributed by atoms with Crippen LogP contribution >= 0.6 is 0 Å². The summed E-state index contributed by atoms with van der Waals surface area (Å²) in [6.07, 6.45) is 1.05. The van der Waals surface area contributed by atoms with Crippen LogP contribution in [0.1, 0.15) is 13.3 Å². The van der Waals surface area contributed by atoms with Gasteiger partial charge in [0, 0.05) is 25.3 Å². The summed E-state index contributed by atoms with van der Waals surface area (Å²) in [7, 11) is 3.75. The molecule has 0 aliphatic carbocycles. The zero-order valence-electron chi connectivity index (χ0n) is 9.73. The zero-order valence-corrected chi connectivity index (χ0v) is 9.73. The highest BCUT2D eigenvalue weighted by Crippen LogP contribution is 2.20. The Bertz CT molecular complexity index is 280. The smallest absolute Gasteiger partial charge is 0.119 e. The molecule has 0 aromatic heterocycles. The summed E-state index contributed by atoms with van der Waals surface area (Å²) in [5.41, 5.74) is 6.89. The lowest BCUT2D eigenvalue weighted by atomic mass is 10.1. The van der Waals surface area contributed by atoms with Gasteiger partial charge < -0.3 is 15.4 Å². The largest absolute Gasteiger partial charge is 0.497 e. The van der Waals surface area contributed by atoms with Gasteiger partial charge >= 0.3 is 0 Å². The number of ether oxygens (including phenoxy) is 1. The van der Waals surface area contributed by atoms with E-state index in [1.165, 1.54) is 5.69 Å². The average molecular weight is 208 g/mol. The molecule has 1 atom stereocenters. The van der Waals surface area contributed by atoms with Crippen LogP contribution in [0.3, 0.4) is 0 Å². The lowest BCUT2D eigenvalue weighted by molar-refractivity contribution is 0.415. The number of nitrogens with two attached hydrogens (primary N) is 1. The molecule has 0 spiro atoms. The van der Waals surface area contributed by atoms with Gasteiger partial charge in [0.1, 0.15) is 5.75 Å². The van der Waals surface area contributed by atoms with Crippen molar-refractivity contribution in [2.24, 2.45) is 5.73 Å². The average Bonchev–Trinajstić information content (AvgIpc) is 2.30. The number of methoxy groups -OCH3 is 1. The number of hydrogen-bond donors (Lipinski definition) is 1. The van der Waals surface area contributed by atoms with Crippen molar-refractivity contribution in [1.29, 1.82) is 0 Å². The second-order valence-corrected chi connectivity index (χ2v) is 3.61. The van der Waals surface area contributed by atoms with E-state index in [9.17, 15) is 0 Å². The fraction of sp³-hybridized carbons (Fsp3) is 0.500. The van der Waals surface area contributed by atoms with Gasteiger partial charge in [-0.1, -0.05) is 6.92 Å². The minimum absolute atomic E-state index is 0.401. The number of benzene rings is 1. The topological polar surface area (TPSA) is 38.5 Å². The van der Waals surface area contributed by atoms with Crippen molar-refractivity contribution in [2.75, 3.05) is 25.6 Å². The standard InChI is InChI=1S/C12H20N2O/c1-4-10(9-13)14(2)11-5-7-12(15-3)8-6-11/h5-8,10H,4,9,13H2,1-3H3. The van der Waals surface area contributed by atoms with Gasteiger partial charge in [-0.25, -0.2) is 0 Å². The SMILES string of the molecule is CCC(CN)N(C)c1ccc(OC)cc1. The van der Waals surface area contributed by atoms with Crippen molar-refractivity contribution in [2.45, 2.75) is 19.4 Å². The van der Waals surface area contributed by atoms with Crippen LogP contribution in [0.2, 0.25) is 0 Å². The quantitative estimate of drug-likeness (QED) is 0.802. The van der Waals surface area contributed by atoms with Crippen LogP contribution in [0.5, 0.6) is 5.75 Å². The van der Waals surface area contributed by atoms with Crippen LogP contribution in [0.15, 0.2) is 24.3 Å². The predicted octanol–water partition coefficient (Wildman–Crippen LogP) is 1.87. The third kappa shape index (κ3) is 2.86. The molecule has 1 unspecified atom stereocenters. The van der Waals surface area contributed by atoms with E-state index in [0.717, 1.165) is 12.2 Å². The summed E-state index contributed by atoms with van der Waals surface area (Å²) in [5.74, 6) is 0.882. The molecule has 1 aromatic rings. The van der Waals surface area contributed by atoms with Crippen molar-refractivity contribution in [3.8, 4) is 5.75 Å². The van der Waals surface area contributed by atoms with Crippen molar-refractivity contribution in [1.82, 2.24) is 0 Å². The zero-order chi connectivity index (χ0) is 11.3. The highest BCUT2D eigenvalue weighted by atomic mass is 16.5. The van der Waals surface area contributed by atoms with Crippen molar-refractivity contribution < 1.29 is 4.74 Å². The molecule has 1 rings (SSSR count). The highest BCUT2D eigenvalue weighted by molar-refractivity contribution is 5.49. The first-order valence-corrected chi connectivity index (χ1v) is 5.29. The lowest BCUT2D eigenvalue weighted by Crippen LogP contribution is -2.37. The molecule has 1 aromatic carbocycles. The summed E-state index contributed by atoms with van der Waals surface area (Å²) in [6, 6.07) is 8.44. The van der Waals surface area contributed by atoms with Gasteiger partial charge in [-0.3, -0.25) is 0 Å². The van der Waals surface area contributed by atoms with Crippen LogP contribution in [0, 0.1) is 0 Å². The number of nitrogens with zero attached hydrogens (tertiary/aromatic N) is 1. The van der Waals surface area contributed by atoms with E-state index in [4.69, 9.17) is 10.5 Å². The molecule has 3 nitrogen and oxygen atoms in total. The maximum atomic E-state index is 5.71. The number of likely N-dealkylation sites (N-methyl/N-ethyl adjacent to an activating group) is 1. The van der Waals surface area contributed by atoms with Crippen LogP contribution in [-0.4, -0.2) is 26.7 Å². The van der Waals surface area contributed by atoms with Gasteiger partial charge in [0.2, 0.25) is 0 Å². The maximum Gasteiger partial charge on any atom is 0.119 e. The Labute approximate surface area is 91.8 Å². The Morgan fingerprint density at radius 3 is 2.33 bits per heavy atom. The Balaban J connectivity index is 2.76. The molecule has 0 radical (unpaired) electrons. The molecule has 2 N–H and O–H groups in total. The maximum absolute atomic E-state index is 5.71. The fourth-order valence-electron chi connectivity index (χ4n) is 1.63. The number of anilines is 1. The Morgan fingerprint density at radius 2 is 1.93 bits per heavy atom. The number of rotatable bonds is 5. The first-order chi connectivity index (χ1) is 7.22. The van der Waals surface area contributed by atoms with Crippen LogP contribution in [0.25, 0.3) is 0 Å². The highest BCUT2D eigenvalue weighted by Gasteiger charge is 2.10. The number of hydrogen-bond acceptors (Lipinski definition) is 3. The van der Waals surface area contributed by atoms with Crippen LogP contribution < -0.4 is 15.4 Å². The van der Waals surface area contributed by atoms with Gasteiger partial charge in [0.15, 0.2) is 0 Å². The minimum Gasteiger partial charge on any atom is -0.497 e. The van der Waals surface area contributed by atoms with E-state index >= 15 is 0 Å². The van der Waals surface area contributed by atoms with Gasteiger partial charge in [-0.2, -0.15) is 0 Å². The summed E-state index contributed by atoms with van der Waals surface area (Å²) >= 11 is 0. The molecule has 3 heteroatoms. The van der Waals surface area contributed by atoms with Crippen LogP contribution in [-0.2, 0) is 0 Å². The Hall–Kier alpha value is -1.22. The second kappa shape index (κ2) is 5.61. The molecule has 0 fully saturated rings. The summed E-state index contributed by atoms with van der Waals surface area (Å²) in [6.45, 7) is 2.83. The molecule has 15 heavy (non-hydrogen) atoms. The van der Waals surface area contributed by atoms with Crippen molar-refractivity contribution in [3.05, 3.63) is 24.3 Å². The molecular formula is C12H20N2O. The molecule has 0 aliphatic heterocycles. The molecule has 0 aliphatic rings. The first-order valence-electron chi connectivity index (χ1n) is 5.29. The minimum atomic E-state index is 0.401. The summed E-state index contributed by atoms with van der Waals surface area (Å²) in [5, 5.41) is 0. The van der Waals surface area contributed by atoms with Crippen molar-refractivity contribution >= 4 is 5.69 Å². The first kappa shape index (κ1) is 11.9. The van der Waals surface area contributed by atoms with E-state index in [-0.39, 0.29) is 0 Å².